The van der Waals surface area contributed by atoms with Crippen molar-refractivity contribution in [3.63, 3.8) is 0 Å². The van der Waals surface area contributed by atoms with Crippen LogP contribution in [0, 0.1) is 6.92 Å². The summed E-state index contributed by atoms with van der Waals surface area (Å²) in [7, 11) is 1.46. The molecule has 1 atom stereocenters. The zero-order valence-corrected chi connectivity index (χ0v) is 20.1. The quantitative estimate of drug-likeness (QED) is 0.336. The van der Waals surface area contributed by atoms with Gasteiger partial charge in [-0.2, -0.15) is 0 Å². The van der Waals surface area contributed by atoms with Crippen LogP contribution in [0.4, 0.5) is 4.79 Å². The zero-order valence-electron chi connectivity index (χ0n) is 20.1. The molecule has 0 saturated carbocycles. The van der Waals surface area contributed by atoms with Crippen molar-refractivity contribution in [1.82, 2.24) is 10.3 Å². The van der Waals surface area contributed by atoms with Gasteiger partial charge in [-0.1, -0.05) is 19.1 Å². The Balaban J connectivity index is 2.22. The number of fused-ring (bicyclic) bond motifs is 1. The number of rotatable bonds is 9. The standard InChI is InChI=1S/C25H32N2O6/c1-8-12-25(9-2,27-23(30)33-24(4,5)6)22(29)32-15-20(28)18-13-17-11-10-16(3)26-19(17)14-21(18)31-7/h8,10-11,13-14H,1,9,12,15H2,2-7H3,(H,27,30). The maximum Gasteiger partial charge on any atom is 0.408 e. The molecule has 0 bridgehead atoms. The van der Waals surface area contributed by atoms with Gasteiger partial charge in [-0.3, -0.25) is 9.78 Å². The van der Waals surface area contributed by atoms with E-state index in [0.717, 1.165) is 11.1 Å². The van der Waals surface area contributed by atoms with E-state index in [0.29, 0.717) is 11.3 Å². The molecule has 1 unspecified atom stereocenters. The van der Waals surface area contributed by atoms with E-state index in [1.54, 1.807) is 39.8 Å². The molecule has 1 N–H and O–H groups in total. The number of carbonyl (C=O) groups excluding carboxylic acids is 3. The summed E-state index contributed by atoms with van der Waals surface area (Å²) >= 11 is 0. The monoisotopic (exact) mass is 456 g/mol. The van der Waals surface area contributed by atoms with Gasteiger partial charge in [0, 0.05) is 17.1 Å². The first-order valence-electron chi connectivity index (χ1n) is 10.7. The average molecular weight is 457 g/mol. The number of hydrogen-bond donors (Lipinski definition) is 1. The van der Waals surface area contributed by atoms with Gasteiger partial charge in [-0.05, 0) is 52.7 Å². The lowest BCUT2D eigenvalue weighted by molar-refractivity contribution is -0.150. The van der Waals surface area contributed by atoms with Crippen molar-refractivity contribution in [2.45, 2.75) is 58.6 Å². The lowest BCUT2D eigenvalue weighted by Crippen LogP contribution is -2.55. The molecule has 1 amide bonds. The maximum atomic E-state index is 13.0. The maximum absolute atomic E-state index is 13.0. The third kappa shape index (κ3) is 6.54. The SMILES string of the molecule is C=CCC(CC)(NC(=O)OC(C)(C)C)C(=O)OCC(=O)c1cc2ccc(C)nc2cc1OC. The van der Waals surface area contributed by atoms with Crippen molar-refractivity contribution in [2.75, 3.05) is 13.7 Å². The van der Waals surface area contributed by atoms with Crippen molar-refractivity contribution < 1.29 is 28.6 Å². The van der Waals surface area contributed by atoms with Crippen molar-refractivity contribution >= 4 is 28.7 Å². The van der Waals surface area contributed by atoms with Crippen molar-refractivity contribution in [2.24, 2.45) is 0 Å². The fourth-order valence-corrected chi connectivity index (χ4v) is 3.30. The van der Waals surface area contributed by atoms with Gasteiger partial charge in [0.1, 0.15) is 16.9 Å². The van der Waals surface area contributed by atoms with Crippen molar-refractivity contribution in [1.29, 1.82) is 0 Å². The van der Waals surface area contributed by atoms with Crippen LogP contribution in [0.2, 0.25) is 0 Å². The molecule has 8 nitrogen and oxygen atoms in total. The second-order valence-electron chi connectivity index (χ2n) is 8.75. The molecule has 2 rings (SSSR count). The molecule has 178 valence electrons. The van der Waals surface area contributed by atoms with Crippen LogP contribution in [-0.2, 0) is 14.3 Å². The van der Waals surface area contributed by atoms with E-state index in [2.05, 4.69) is 16.9 Å². The molecular formula is C25H32N2O6. The highest BCUT2D eigenvalue weighted by molar-refractivity contribution is 6.04. The molecule has 0 spiro atoms. The zero-order chi connectivity index (χ0) is 24.8. The van der Waals surface area contributed by atoms with Crippen LogP contribution < -0.4 is 10.1 Å². The van der Waals surface area contributed by atoms with Gasteiger partial charge in [-0.25, -0.2) is 9.59 Å². The van der Waals surface area contributed by atoms with Crippen LogP contribution in [0.25, 0.3) is 10.9 Å². The van der Waals surface area contributed by atoms with E-state index in [4.69, 9.17) is 14.2 Å². The Hall–Kier alpha value is -3.42. The summed E-state index contributed by atoms with van der Waals surface area (Å²) in [5.41, 5.74) is -0.336. The Bertz CT molecular complexity index is 1060. The van der Waals surface area contributed by atoms with Gasteiger partial charge in [0.25, 0.3) is 0 Å². The molecule has 0 aliphatic rings. The van der Waals surface area contributed by atoms with Gasteiger partial charge < -0.3 is 19.5 Å². The second-order valence-corrected chi connectivity index (χ2v) is 8.75. The Morgan fingerprint density at radius 2 is 1.88 bits per heavy atom. The van der Waals surface area contributed by atoms with E-state index >= 15 is 0 Å². The van der Waals surface area contributed by atoms with Crippen LogP contribution in [-0.4, -0.2) is 47.7 Å². The fraction of sp³-hybridized carbons (Fsp3) is 0.440. The van der Waals surface area contributed by atoms with Gasteiger partial charge in [0.05, 0.1) is 18.2 Å². The number of alkyl carbamates (subject to hydrolysis) is 1. The Morgan fingerprint density at radius 3 is 2.45 bits per heavy atom. The Kier molecular flexibility index (Phi) is 8.19. The third-order valence-corrected chi connectivity index (χ3v) is 5.01. The topological polar surface area (TPSA) is 104 Å². The van der Waals surface area contributed by atoms with Gasteiger partial charge in [0.2, 0.25) is 5.78 Å². The predicted octanol–water partition coefficient (Wildman–Crippen LogP) is 4.53. The lowest BCUT2D eigenvalue weighted by Gasteiger charge is -2.31. The van der Waals surface area contributed by atoms with Crippen molar-refractivity contribution in [3.8, 4) is 5.75 Å². The molecule has 8 heteroatoms. The van der Waals surface area contributed by atoms with Crippen LogP contribution in [0.5, 0.6) is 5.75 Å². The number of aryl methyl sites for hydroxylation is 1. The van der Waals surface area contributed by atoms with E-state index in [9.17, 15) is 14.4 Å². The Labute approximate surface area is 194 Å². The number of methoxy groups -OCH3 is 1. The highest BCUT2D eigenvalue weighted by atomic mass is 16.6. The number of carbonyl (C=O) groups is 3. The number of hydrogen-bond acceptors (Lipinski definition) is 7. The fourth-order valence-electron chi connectivity index (χ4n) is 3.30. The molecule has 1 aromatic heterocycles. The summed E-state index contributed by atoms with van der Waals surface area (Å²) in [6, 6.07) is 7.04. The summed E-state index contributed by atoms with van der Waals surface area (Å²) in [6.45, 7) is 11.9. The number of aromatic nitrogens is 1. The molecular weight excluding hydrogens is 424 g/mol. The highest BCUT2D eigenvalue weighted by Gasteiger charge is 2.40. The number of nitrogens with zero attached hydrogens (tertiary/aromatic N) is 1. The first-order valence-corrected chi connectivity index (χ1v) is 10.7. The molecule has 1 heterocycles. The molecule has 33 heavy (non-hydrogen) atoms. The van der Waals surface area contributed by atoms with E-state index in [1.807, 2.05) is 19.1 Å². The predicted molar refractivity (Wildman–Crippen MR) is 126 cm³/mol. The largest absolute Gasteiger partial charge is 0.496 e. The molecule has 0 fully saturated rings. The number of amides is 1. The summed E-state index contributed by atoms with van der Waals surface area (Å²) in [5.74, 6) is -0.855. The smallest absolute Gasteiger partial charge is 0.408 e. The normalized spacial score (nSPS) is 13.0. The Morgan fingerprint density at radius 1 is 1.18 bits per heavy atom. The van der Waals surface area contributed by atoms with Crippen LogP contribution in [0.15, 0.2) is 36.9 Å². The molecule has 1 aromatic carbocycles. The summed E-state index contributed by atoms with van der Waals surface area (Å²) < 4.78 is 16.0. The number of ketones is 1. The summed E-state index contributed by atoms with van der Waals surface area (Å²) in [5, 5.41) is 3.36. The van der Waals surface area contributed by atoms with Crippen LogP contribution in [0.1, 0.15) is 56.6 Å². The first kappa shape index (κ1) is 25.8. The van der Waals surface area contributed by atoms with Crippen molar-refractivity contribution in [3.05, 3.63) is 48.2 Å². The highest BCUT2D eigenvalue weighted by Crippen LogP contribution is 2.26. The minimum absolute atomic E-state index is 0.111. The number of esters is 1. The number of pyridine rings is 1. The van der Waals surface area contributed by atoms with E-state index in [-0.39, 0.29) is 18.4 Å². The molecule has 0 saturated heterocycles. The molecule has 2 aromatic rings. The first-order chi connectivity index (χ1) is 15.4. The molecule has 0 aliphatic carbocycles. The molecule has 0 aliphatic heterocycles. The van der Waals surface area contributed by atoms with E-state index in [1.165, 1.54) is 13.2 Å². The van der Waals surface area contributed by atoms with Crippen LogP contribution in [0.3, 0.4) is 0 Å². The number of Topliss-reactive ketones (excluding diaryl/α,β-unsaturated/α-hetero) is 1. The third-order valence-electron chi connectivity index (χ3n) is 5.01. The second kappa shape index (κ2) is 10.5. The van der Waals surface area contributed by atoms with E-state index < -0.39 is 35.6 Å². The van der Waals surface area contributed by atoms with Gasteiger partial charge in [-0.15, -0.1) is 6.58 Å². The summed E-state index contributed by atoms with van der Waals surface area (Å²) in [6.07, 6.45) is 1.08. The number of benzene rings is 1. The number of ether oxygens (including phenoxy) is 3. The molecule has 0 radical (unpaired) electrons. The average Bonchev–Trinajstić information content (AvgIpc) is 2.74. The minimum Gasteiger partial charge on any atom is -0.496 e. The van der Waals surface area contributed by atoms with Gasteiger partial charge in [0.15, 0.2) is 6.61 Å². The summed E-state index contributed by atoms with van der Waals surface area (Å²) in [4.78, 5) is 42.7. The lowest BCUT2D eigenvalue weighted by atomic mass is 9.92. The van der Waals surface area contributed by atoms with Gasteiger partial charge >= 0.3 is 12.1 Å². The van der Waals surface area contributed by atoms with Crippen LogP contribution >= 0.6 is 0 Å². The minimum atomic E-state index is -1.40. The number of nitrogens with one attached hydrogen (secondary N) is 1.